The minimum atomic E-state index is -0.445. The molecule has 0 saturated carbocycles. The summed E-state index contributed by atoms with van der Waals surface area (Å²) in [5, 5.41) is 0. The lowest BCUT2D eigenvalue weighted by Gasteiger charge is -2.24. The number of hydrogen-bond donors (Lipinski definition) is 0. The van der Waals surface area contributed by atoms with Crippen molar-refractivity contribution in [3.8, 4) is 0 Å². The number of esters is 1. The third-order valence-corrected chi connectivity index (χ3v) is 2.49. The van der Waals surface area contributed by atoms with Crippen LogP contribution in [-0.4, -0.2) is 11.6 Å². The highest BCUT2D eigenvalue weighted by molar-refractivity contribution is 9.10. The summed E-state index contributed by atoms with van der Waals surface area (Å²) in [5.74, 6) is -0.239. The van der Waals surface area contributed by atoms with E-state index in [1.807, 2.05) is 38.1 Å². The zero-order chi connectivity index (χ0) is 11.5. The summed E-state index contributed by atoms with van der Waals surface area (Å²) in [4.78, 5) is 10.9. The lowest BCUT2D eigenvalue weighted by atomic mass is 9.98. The summed E-state index contributed by atoms with van der Waals surface area (Å²) in [7, 11) is 0. The molecule has 1 rings (SSSR count). The van der Waals surface area contributed by atoms with E-state index in [0.717, 1.165) is 16.5 Å². The Kier molecular flexibility index (Phi) is 3.91. The minimum absolute atomic E-state index is 0.239. The summed E-state index contributed by atoms with van der Waals surface area (Å²) in [6.45, 7) is 5.26. The van der Waals surface area contributed by atoms with Crippen LogP contribution in [0, 0.1) is 0 Å². The van der Waals surface area contributed by atoms with Crippen LogP contribution in [0.1, 0.15) is 26.3 Å². The van der Waals surface area contributed by atoms with Gasteiger partial charge in [-0.2, -0.15) is 0 Å². The Labute approximate surface area is 98.8 Å². The lowest BCUT2D eigenvalue weighted by molar-refractivity contribution is -0.153. The zero-order valence-electron chi connectivity index (χ0n) is 9.21. The third-order valence-electron chi connectivity index (χ3n) is 1.96. The van der Waals surface area contributed by atoms with Crippen molar-refractivity contribution in [2.24, 2.45) is 0 Å². The van der Waals surface area contributed by atoms with Crippen molar-refractivity contribution in [3.05, 3.63) is 34.3 Å². The first-order valence-electron chi connectivity index (χ1n) is 4.83. The molecule has 3 heteroatoms. The molecule has 0 radical (unpaired) electrons. The molecule has 0 unspecified atom stereocenters. The summed E-state index contributed by atoms with van der Waals surface area (Å²) >= 11 is 3.38. The SMILES string of the molecule is CC(=O)OC(C)(C)Cc1ccc(Br)cc1. The van der Waals surface area contributed by atoms with Gasteiger partial charge in [0.15, 0.2) is 0 Å². The fraction of sp³-hybridized carbons (Fsp3) is 0.417. The van der Waals surface area contributed by atoms with Gasteiger partial charge in [-0.05, 0) is 31.5 Å². The number of benzene rings is 1. The van der Waals surface area contributed by atoms with Gasteiger partial charge in [0.25, 0.3) is 0 Å². The van der Waals surface area contributed by atoms with E-state index in [1.54, 1.807) is 0 Å². The van der Waals surface area contributed by atoms with Crippen LogP contribution in [-0.2, 0) is 16.0 Å². The average Bonchev–Trinajstić information content (AvgIpc) is 2.06. The van der Waals surface area contributed by atoms with Gasteiger partial charge < -0.3 is 4.74 Å². The predicted octanol–water partition coefficient (Wildman–Crippen LogP) is 3.33. The van der Waals surface area contributed by atoms with Gasteiger partial charge in [0.1, 0.15) is 5.60 Å². The minimum Gasteiger partial charge on any atom is -0.460 e. The number of ether oxygens (including phenoxy) is 1. The van der Waals surface area contributed by atoms with E-state index in [-0.39, 0.29) is 5.97 Å². The Bertz CT molecular complexity index is 341. The smallest absolute Gasteiger partial charge is 0.303 e. The molecule has 0 aliphatic heterocycles. The van der Waals surface area contributed by atoms with Crippen molar-refractivity contribution < 1.29 is 9.53 Å². The monoisotopic (exact) mass is 270 g/mol. The normalized spacial score (nSPS) is 11.2. The molecule has 1 aromatic rings. The fourth-order valence-electron chi connectivity index (χ4n) is 1.52. The Balaban J connectivity index is 2.68. The van der Waals surface area contributed by atoms with Crippen LogP contribution < -0.4 is 0 Å². The summed E-state index contributed by atoms with van der Waals surface area (Å²) in [5.41, 5.74) is 0.712. The number of rotatable bonds is 3. The van der Waals surface area contributed by atoms with Gasteiger partial charge in [0.05, 0.1) is 0 Å². The predicted molar refractivity (Wildman–Crippen MR) is 63.7 cm³/mol. The van der Waals surface area contributed by atoms with Crippen LogP contribution >= 0.6 is 15.9 Å². The quantitative estimate of drug-likeness (QED) is 0.788. The van der Waals surface area contributed by atoms with Crippen LogP contribution in [0.5, 0.6) is 0 Å². The molecule has 0 aliphatic rings. The molecule has 82 valence electrons. The molecule has 0 bridgehead atoms. The first-order chi connectivity index (χ1) is 6.89. The topological polar surface area (TPSA) is 26.3 Å². The highest BCUT2D eigenvalue weighted by atomic mass is 79.9. The third kappa shape index (κ3) is 4.47. The fourth-order valence-corrected chi connectivity index (χ4v) is 1.78. The number of carbonyl (C=O) groups excluding carboxylic acids is 1. The first-order valence-corrected chi connectivity index (χ1v) is 5.62. The molecule has 0 atom stereocenters. The van der Waals surface area contributed by atoms with Crippen LogP contribution in [0.15, 0.2) is 28.7 Å². The van der Waals surface area contributed by atoms with E-state index in [9.17, 15) is 4.79 Å². The molecule has 0 aliphatic carbocycles. The van der Waals surface area contributed by atoms with Gasteiger partial charge in [0.2, 0.25) is 0 Å². The van der Waals surface area contributed by atoms with Crippen molar-refractivity contribution in [2.45, 2.75) is 32.8 Å². The average molecular weight is 271 g/mol. The van der Waals surface area contributed by atoms with Crippen molar-refractivity contribution in [1.29, 1.82) is 0 Å². The maximum atomic E-state index is 10.9. The van der Waals surface area contributed by atoms with Crippen LogP contribution in [0.4, 0.5) is 0 Å². The number of carbonyl (C=O) groups is 1. The molecular weight excluding hydrogens is 256 g/mol. The van der Waals surface area contributed by atoms with Crippen molar-refractivity contribution in [3.63, 3.8) is 0 Å². The standard InChI is InChI=1S/C12H15BrO2/c1-9(14)15-12(2,3)8-10-4-6-11(13)7-5-10/h4-7H,8H2,1-3H3. The molecule has 0 fully saturated rings. The van der Waals surface area contributed by atoms with Crippen molar-refractivity contribution in [1.82, 2.24) is 0 Å². The molecule has 1 aromatic carbocycles. The van der Waals surface area contributed by atoms with Gasteiger partial charge in [-0.3, -0.25) is 4.79 Å². The summed E-state index contributed by atoms with van der Waals surface area (Å²) in [6.07, 6.45) is 0.722. The van der Waals surface area contributed by atoms with Gasteiger partial charge in [-0.1, -0.05) is 28.1 Å². The van der Waals surface area contributed by atoms with E-state index in [1.165, 1.54) is 6.92 Å². The van der Waals surface area contributed by atoms with Crippen LogP contribution in [0.3, 0.4) is 0 Å². The Morgan fingerprint density at radius 2 is 1.87 bits per heavy atom. The largest absolute Gasteiger partial charge is 0.460 e. The van der Waals surface area contributed by atoms with E-state index < -0.39 is 5.60 Å². The molecule has 0 aromatic heterocycles. The van der Waals surface area contributed by atoms with E-state index in [0.29, 0.717) is 0 Å². The Morgan fingerprint density at radius 3 is 2.33 bits per heavy atom. The molecular formula is C12H15BrO2. The lowest BCUT2D eigenvalue weighted by Crippen LogP contribution is -2.29. The number of hydrogen-bond acceptors (Lipinski definition) is 2. The molecule has 15 heavy (non-hydrogen) atoms. The second-order valence-electron chi connectivity index (χ2n) is 4.16. The Morgan fingerprint density at radius 1 is 1.33 bits per heavy atom. The van der Waals surface area contributed by atoms with Crippen molar-refractivity contribution in [2.75, 3.05) is 0 Å². The summed E-state index contributed by atoms with van der Waals surface area (Å²) < 4.78 is 6.27. The van der Waals surface area contributed by atoms with Crippen molar-refractivity contribution >= 4 is 21.9 Å². The van der Waals surface area contributed by atoms with Gasteiger partial charge in [-0.25, -0.2) is 0 Å². The molecule has 2 nitrogen and oxygen atoms in total. The highest BCUT2D eigenvalue weighted by Crippen LogP contribution is 2.19. The highest BCUT2D eigenvalue weighted by Gasteiger charge is 2.21. The Hall–Kier alpha value is -0.830. The van der Waals surface area contributed by atoms with Gasteiger partial charge >= 0.3 is 5.97 Å². The molecule has 0 spiro atoms. The number of halogens is 1. The zero-order valence-corrected chi connectivity index (χ0v) is 10.8. The summed E-state index contributed by atoms with van der Waals surface area (Å²) in [6, 6.07) is 8.02. The second-order valence-corrected chi connectivity index (χ2v) is 5.07. The molecule has 0 N–H and O–H groups in total. The van der Waals surface area contributed by atoms with Gasteiger partial charge in [-0.15, -0.1) is 0 Å². The van der Waals surface area contributed by atoms with Crippen LogP contribution in [0.2, 0.25) is 0 Å². The molecule has 0 saturated heterocycles. The van der Waals surface area contributed by atoms with Gasteiger partial charge in [0, 0.05) is 17.8 Å². The second kappa shape index (κ2) is 4.79. The van der Waals surface area contributed by atoms with E-state index in [2.05, 4.69) is 15.9 Å². The first kappa shape index (κ1) is 12.2. The molecule has 0 amide bonds. The molecule has 0 heterocycles. The van der Waals surface area contributed by atoms with E-state index >= 15 is 0 Å². The van der Waals surface area contributed by atoms with E-state index in [4.69, 9.17) is 4.74 Å². The maximum absolute atomic E-state index is 10.9. The van der Waals surface area contributed by atoms with Crippen LogP contribution in [0.25, 0.3) is 0 Å². The maximum Gasteiger partial charge on any atom is 0.303 e.